The van der Waals surface area contributed by atoms with Crippen molar-refractivity contribution in [2.75, 3.05) is 33.3 Å². The highest BCUT2D eigenvalue weighted by Crippen LogP contribution is 2.28. The Morgan fingerprint density at radius 1 is 1.43 bits per heavy atom. The Hall–Kier alpha value is -1.52. The van der Waals surface area contributed by atoms with Crippen molar-refractivity contribution < 1.29 is 9.15 Å². The molecule has 0 saturated carbocycles. The molecule has 0 aliphatic carbocycles. The van der Waals surface area contributed by atoms with Gasteiger partial charge < -0.3 is 19.4 Å². The van der Waals surface area contributed by atoms with Crippen LogP contribution in [0.2, 0.25) is 0 Å². The topological polar surface area (TPSA) is 37.6 Å². The van der Waals surface area contributed by atoms with Gasteiger partial charge >= 0.3 is 0 Å². The van der Waals surface area contributed by atoms with Crippen LogP contribution in [-0.4, -0.2) is 38.2 Å². The molecule has 1 aliphatic heterocycles. The lowest BCUT2D eigenvalue weighted by molar-refractivity contribution is 0.337. The first-order valence-corrected chi connectivity index (χ1v) is 7.78. The van der Waals surface area contributed by atoms with Gasteiger partial charge in [0.05, 0.1) is 13.7 Å². The van der Waals surface area contributed by atoms with E-state index < -0.39 is 0 Å². The summed E-state index contributed by atoms with van der Waals surface area (Å²) < 4.78 is 11.2. The third kappa shape index (κ3) is 3.22. The highest BCUT2D eigenvalue weighted by molar-refractivity contribution is 5.83. The number of para-hydroxylation sites is 1. The molecule has 1 N–H and O–H groups in total. The van der Waals surface area contributed by atoms with Crippen LogP contribution in [-0.2, 0) is 6.54 Å². The monoisotopic (exact) mass is 288 g/mol. The summed E-state index contributed by atoms with van der Waals surface area (Å²) in [5, 5.41) is 4.63. The SMILES string of the molecule is CCN1CC[C@H](CNCc2cc3cccc(OC)c3o2)C1. The lowest BCUT2D eigenvalue weighted by atomic mass is 10.1. The predicted octanol–water partition coefficient (Wildman–Crippen LogP) is 2.87. The van der Waals surface area contributed by atoms with Crippen molar-refractivity contribution in [1.29, 1.82) is 0 Å². The Morgan fingerprint density at radius 2 is 2.33 bits per heavy atom. The van der Waals surface area contributed by atoms with E-state index in [1.54, 1.807) is 7.11 Å². The molecule has 114 valence electrons. The molecule has 0 unspecified atom stereocenters. The van der Waals surface area contributed by atoms with Gasteiger partial charge in [0.25, 0.3) is 0 Å². The summed E-state index contributed by atoms with van der Waals surface area (Å²) in [4.78, 5) is 2.51. The summed E-state index contributed by atoms with van der Waals surface area (Å²) in [6, 6.07) is 8.07. The fourth-order valence-corrected chi connectivity index (χ4v) is 3.10. The molecule has 0 bridgehead atoms. The van der Waals surface area contributed by atoms with Crippen molar-refractivity contribution in [3.8, 4) is 5.75 Å². The molecule has 4 heteroatoms. The van der Waals surface area contributed by atoms with Crippen LogP contribution in [0, 0.1) is 5.92 Å². The van der Waals surface area contributed by atoms with Crippen LogP contribution < -0.4 is 10.1 Å². The first-order valence-electron chi connectivity index (χ1n) is 7.78. The highest BCUT2D eigenvalue weighted by atomic mass is 16.5. The summed E-state index contributed by atoms with van der Waals surface area (Å²) in [6.45, 7) is 7.70. The maximum atomic E-state index is 5.90. The average Bonchev–Trinajstić information content (AvgIpc) is 3.12. The zero-order valence-corrected chi connectivity index (χ0v) is 12.9. The number of ether oxygens (including phenoxy) is 1. The second kappa shape index (κ2) is 6.50. The van der Waals surface area contributed by atoms with Gasteiger partial charge in [0.2, 0.25) is 0 Å². The average molecular weight is 288 g/mol. The zero-order chi connectivity index (χ0) is 14.7. The number of likely N-dealkylation sites (tertiary alicyclic amines) is 1. The van der Waals surface area contributed by atoms with Crippen molar-refractivity contribution in [3.05, 3.63) is 30.0 Å². The largest absolute Gasteiger partial charge is 0.493 e. The van der Waals surface area contributed by atoms with E-state index in [4.69, 9.17) is 9.15 Å². The Bertz CT molecular complexity index is 593. The lowest BCUT2D eigenvalue weighted by Crippen LogP contribution is -2.26. The second-order valence-corrected chi connectivity index (χ2v) is 5.77. The predicted molar refractivity (Wildman–Crippen MR) is 84.7 cm³/mol. The van der Waals surface area contributed by atoms with Crippen molar-refractivity contribution in [2.24, 2.45) is 5.92 Å². The van der Waals surface area contributed by atoms with E-state index in [9.17, 15) is 0 Å². The third-order valence-corrected chi connectivity index (χ3v) is 4.33. The van der Waals surface area contributed by atoms with Gasteiger partial charge in [-0.05, 0) is 44.1 Å². The Morgan fingerprint density at radius 3 is 3.10 bits per heavy atom. The van der Waals surface area contributed by atoms with Crippen LogP contribution in [0.15, 0.2) is 28.7 Å². The van der Waals surface area contributed by atoms with Gasteiger partial charge in [0.1, 0.15) is 5.76 Å². The van der Waals surface area contributed by atoms with Crippen LogP contribution in [0.3, 0.4) is 0 Å². The van der Waals surface area contributed by atoms with Gasteiger partial charge in [-0.3, -0.25) is 0 Å². The number of furan rings is 1. The van der Waals surface area contributed by atoms with E-state index >= 15 is 0 Å². The van der Waals surface area contributed by atoms with Crippen LogP contribution in [0.5, 0.6) is 5.75 Å². The van der Waals surface area contributed by atoms with Crippen molar-refractivity contribution in [1.82, 2.24) is 10.2 Å². The molecule has 1 aliphatic rings. The smallest absolute Gasteiger partial charge is 0.176 e. The quantitative estimate of drug-likeness (QED) is 0.887. The summed E-state index contributed by atoms with van der Waals surface area (Å²) in [6.07, 6.45) is 1.30. The number of hydrogen-bond acceptors (Lipinski definition) is 4. The lowest BCUT2D eigenvalue weighted by Gasteiger charge is -2.13. The Balaban J connectivity index is 1.56. The van der Waals surface area contributed by atoms with Crippen LogP contribution in [0.25, 0.3) is 11.0 Å². The highest BCUT2D eigenvalue weighted by Gasteiger charge is 2.20. The van der Waals surface area contributed by atoms with Crippen LogP contribution in [0.1, 0.15) is 19.1 Å². The molecule has 1 aromatic carbocycles. The minimum atomic E-state index is 0.767. The summed E-state index contributed by atoms with van der Waals surface area (Å²) >= 11 is 0. The maximum Gasteiger partial charge on any atom is 0.176 e. The van der Waals surface area contributed by atoms with E-state index in [2.05, 4.69) is 29.3 Å². The number of fused-ring (bicyclic) bond motifs is 1. The molecule has 2 aromatic rings. The fourth-order valence-electron chi connectivity index (χ4n) is 3.10. The summed E-state index contributed by atoms with van der Waals surface area (Å²) in [7, 11) is 1.68. The van der Waals surface area contributed by atoms with Crippen LogP contribution >= 0.6 is 0 Å². The summed E-state index contributed by atoms with van der Waals surface area (Å²) in [5.41, 5.74) is 0.842. The zero-order valence-electron chi connectivity index (χ0n) is 12.9. The van der Waals surface area contributed by atoms with E-state index in [1.807, 2.05) is 12.1 Å². The number of methoxy groups -OCH3 is 1. The molecule has 0 amide bonds. The van der Waals surface area contributed by atoms with Gasteiger partial charge in [0, 0.05) is 11.9 Å². The van der Waals surface area contributed by atoms with Gasteiger partial charge in [-0.2, -0.15) is 0 Å². The van der Waals surface area contributed by atoms with Gasteiger partial charge in [-0.15, -0.1) is 0 Å². The van der Waals surface area contributed by atoms with Crippen molar-refractivity contribution >= 4 is 11.0 Å². The van der Waals surface area contributed by atoms with E-state index in [0.29, 0.717) is 0 Å². The molecule has 4 nitrogen and oxygen atoms in total. The summed E-state index contributed by atoms with van der Waals surface area (Å²) in [5.74, 6) is 2.54. The molecular weight excluding hydrogens is 264 g/mol. The number of nitrogens with zero attached hydrogens (tertiary/aromatic N) is 1. The molecule has 3 rings (SSSR count). The van der Waals surface area contributed by atoms with Gasteiger partial charge in [-0.1, -0.05) is 19.1 Å². The first-order chi connectivity index (χ1) is 10.3. The molecular formula is C17H24N2O2. The molecule has 2 heterocycles. The molecule has 1 aromatic heterocycles. The normalized spacial score (nSPS) is 19.4. The number of nitrogens with one attached hydrogen (secondary N) is 1. The Kier molecular flexibility index (Phi) is 4.46. The standard InChI is InChI=1S/C17H24N2O2/c1-3-19-8-7-13(12-19)10-18-11-15-9-14-5-4-6-16(20-2)17(14)21-15/h4-6,9,13,18H,3,7-8,10-12H2,1-2H3/t13-/m1/s1. The minimum Gasteiger partial charge on any atom is -0.493 e. The van der Waals surface area contributed by atoms with Crippen molar-refractivity contribution in [2.45, 2.75) is 19.9 Å². The second-order valence-electron chi connectivity index (χ2n) is 5.77. The van der Waals surface area contributed by atoms with Crippen LogP contribution in [0.4, 0.5) is 0 Å². The van der Waals surface area contributed by atoms with Crippen molar-refractivity contribution in [3.63, 3.8) is 0 Å². The van der Waals surface area contributed by atoms with E-state index in [-0.39, 0.29) is 0 Å². The molecule has 1 fully saturated rings. The number of hydrogen-bond donors (Lipinski definition) is 1. The Labute approximate surface area is 126 Å². The number of rotatable bonds is 6. The van der Waals surface area contributed by atoms with E-state index in [1.165, 1.54) is 26.1 Å². The molecule has 1 atom stereocenters. The molecule has 21 heavy (non-hydrogen) atoms. The van der Waals surface area contributed by atoms with Gasteiger partial charge in [-0.25, -0.2) is 0 Å². The minimum absolute atomic E-state index is 0.767. The fraction of sp³-hybridized carbons (Fsp3) is 0.529. The van der Waals surface area contributed by atoms with E-state index in [0.717, 1.165) is 41.5 Å². The molecule has 0 spiro atoms. The van der Waals surface area contributed by atoms with Gasteiger partial charge in [0.15, 0.2) is 11.3 Å². The molecule has 0 radical (unpaired) electrons. The first kappa shape index (κ1) is 14.4. The third-order valence-electron chi connectivity index (χ3n) is 4.33. The number of benzene rings is 1. The maximum absolute atomic E-state index is 5.90. The molecule has 1 saturated heterocycles.